The molecule has 1 aliphatic rings. The Morgan fingerprint density at radius 2 is 1.88 bits per heavy atom. The van der Waals surface area contributed by atoms with Crippen LogP contribution in [-0.2, 0) is 16.7 Å². The van der Waals surface area contributed by atoms with E-state index in [1.807, 2.05) is 4.90 Å². The Kier molecular flexibility index (Phi) is 5.95. The molecule has 0 unspecified atom stereocenters. The lowest BCUT2D eigenvalue weighted by atomic mass is 10.3. The predicted octanol–water partition coefficient (Wildman–Crippen LogP) is 2.13. The van der Waals surface area contributed by atoms with Crippen molar-refractivity contribution < 1.29 is 22.5 Å². The predicted molar refractivity (Wildman–Crippen MR) is 115 cm³/mol. The number of benzene rings is 2. The summed E-state index contributed by atoms with van der Waals surface area (Å²) in [7, 11) is -2.65. The fraction of sp³-hybridized carbons (Fsp3) is 0.316. The largest absolute Gasteiger partial charge is 0.490 e. The Balaban J connectivity index is 1.49. The van der Waals surface area contributed by atoms with Gasteiger partial charge in [-0.25, -0.2) is 13.2 Å². The molecule has 11 nitrogen and oxygen atoms in total. The standard InChI is InChI=1S/C19H19ClN4O7S/c1-30-17-5-3-14(11-16(17)24(26)27)32(28,29)22-8-6-21(7-9-22)12-23-15-4-2-13(20)10-18(15)31-19(23)25/h2-5,10-11H,6-9,12H2,1H3. The number of piperazine rings is 1. The highest BCUT2D eigenvalue weighted by Gasteiger charge is 2.31. The first-order valence-electron chi connectivity index (χ1n) is 9.54. The van der Waals surface area contributed by atoms with Gasteiger partial charge in [-0.2, -0.15) is 4.31 Å². The van der Waals surface area contributed by atoms with Crippen LogP contribution < -0.4 is 10.5 Å². The Labute approximate surface area is 187 Å². The van der Waals surface area contributed by atoms with Crippen LogP contribution in [0.5, 0.6) is 5.75 Å². The van der Waals surface area contributed by atoms with Gasteiger partial charge in [0.2, 0.25) is 10.0 Å². The number of fused-ring (bicyclic) bond motifs is 1. The highest BCUT2D eigenvalue weighted by atomic mass is 35.5. The number of nitrogens with zero attached hydrogens (tertiary/aromatic N) is 4. The molecule has 32 heavy (non-hydrogen) atoms. The number of nitro groups is 1. The van der Waals surface area contributed by atoms with Crippen molar-refractivity contribution in [3.8, 4) is 5.75 Å². The zero-order chi connectivity index (χ0) is 23.0. The second-order valence-electron chi connectivity index (χ2n) is 7.16. The molecule has 1 saturated heterocycles. The highest BCUT2D eigenvalue weighted by Crippen LogP contribution is 2.31. The normalized spacial score (nSPS) is 15.8. The van der Waals surface area contributed by atoms with Gasteiger partial charge in [0, 0.05) is 43.3 Å². The van der Waals surface area contributed by atoms with Gasteiger partial charge < -0.3 is 9.15 Å². The first-order chi connectivity index (χ1) is 15.2. The average Bonchev–Trinajstić information content (AvgIpc) is 3.07. The van der Waals surface area contributed by atoms with Crippen LogP contribution in [0.2, 0.25) is 5.02 Å². The number of oxazole rings is 1. The van der Waals surface area contributed by atoms with Gasteiger partial charge >= 0.3 is 11.4 Å². The van der Waals surface area contributed by atoms with Crippen LogP contribution >= 0.6 is 11.6 Å². The van der Waals surface area contributed by atoms with Gasteiger partial charge in [-0.15, -0.1) is 0 Å². The van der Waals surface area contributed by atoms with Crippen molar-refractivity contribution in [1.29, 1.82) is 0 Å². The number of hydrogen-bond acceptors (Lipinski definition) is 8. The number of hydrogen-bond donors (Lipinski definition) is 0. The molecule has 1 aliphatic heterocycles. The van der Waals surface area contributed by atoms with E-state index in [4.69, 9.17) is 20.8 Å². The molecular weight excluding hydrogens is 464 g/mol. The van der Waals surface area contributed by atoms with E-state index in [1.54, 1.807) is 18.2 Å². The molecule has 0 N–H and O–H groups in total. The van der Waals surface area contributed by atoms with Crippen LogP contribution in [0.1, 0.15) is 0 Å². The summed E-state index contributed by atoms with van der Waals surface area (Å²) in [5.74, 6) is -0.541. The van der Waals surface area contributed by atoms with E-state index in [0.29, 0.717) is 29.2 Å². The fourth-order valence-corrected chi connectivity index (χ4v) is 5.21. The van der Waals surface area contributed by atoms with E-state index in [-0.39, 0.29) is 30.4 Å². The van der Waals surface area contributed by atoms with Crippen molar-refractivity contribution in [3.05, 3.63) is 62.1 Å². The molecule has 0 radical (unpaired) electrons. The van der Waals surface area contributed by atoms with Crippen molar-refractivity contribution in [2.75, 3.05) is 33.3 Å². The summed E-state index contributed by atoms with van der Waals surface area (Å²) < 4.78 is 38.9. The van der Waals surface area contributed by atoms with Gasteiger partial charge in [-0.05, 0) is 24.3 Å². The van der Waals surface area contributed by atoms with Crippen molar-refractivity contribution >= 4 is 38.4 Å². The molecule has 0 aliphatic carbocycles. The van der Waals surface area contributed by atoms with Crippen molar-refractivity contribution in [3.63, 3.8) is 0 Å². The monoisotopic (exact) mass is 482 g/mol. The third-order valence-corrected chi connectivity index (χ3v) is 7.42. The Hall–Kier alpha value is -2.93. The van der Waals surface area contributed by atoms with Crippen molar-refractivity contribution in [1.82, 2.24) is 13.8 Å². The summed E-state index contributed by atoms with van der Waals surface area (Å²) in [5.41, 5.74) is 0.559. The topological polar surface area (TPSA) is 128 Å². The maximum absolute atomic E-state index is 13.0. The van der Waals surface area contributed by atoms with E-state index >= 15 is 0 Å². The van der Waals surface area contributed by atoms with E-state index in [2.05, 4.69) is 0 Å². The van der Waals surface area contributed by atoms with E-state index in [0.717, 1.165) is 6.07 Å². The number of rotatable bonds is 6. The van der Waals surface area contributed by atoms with Crippen LogP contribution in [0.25, 0.3) is 11.1 Å². The third-order valence-electron chi connectivity index (χ3n) is 5.29. The van der Waals surface area contributed by atoms with E-state index in [9.17, 15) is 23.3 Å². The minimum Gasteiger partial charge on any atom is -0.490 e. The molecule has 170 valence electrons. The number of methoxy groups -OCH3 is 1. The first-order valence-corrected chi connectivity index (χ1v) is 11.4. The molecule has 2 heterocycles. The molecule has 4 rings (SSSR count). The smallest absolute Gasteiger partial charge is 0.421 e. The minimum absolute atomic E-state index is 0.0159. The van der Waals surface area contributed by atoms with E-state index < -0.39 is 26.4 Å². The van der Waals surface area contributed by atoms with Gasteiger partial charge in [-0.3, -0.25) is 19.6 Å². The second-order valence-corrected chi connectivity index (χ2v) is 9.54. The number of nitro benzene ring substituents is 1. The third kappa shape index (κ3) is 4.09. The van der Waals surface area contributed by atoms with Crippen LogP contribution in [-0.4, -0.2) is 60.4 Å². The number of sulfonamides is 1. The van der Waals surface area contributed by atoms with Crippen LogP contribution in [0.3, 0.4) is 0 Å². The molecule has 0 bridgehead atoms. The maximum Gasteiger partial charge on any atom is 0.421 e. The molecule has 3 aromatic rings. The van der Waals surface area contributed by atoms with Crippen molar-refractivity contribution in [2.45, 2.75) is 11.6 Å². The Morgan fingerprint density at radius 1 is 1.16 bits per heavy atom. The summed E-state index contributed by atoms with van der Waals surface area (Å²) in [6.45, 7) is 1.29. The van der Waals surface area contributed by atoms with Gasteiger partial charge in [-0.1, -0.05) is 11.6 Å². The quantitative estimate of drug-likeness (QED) is 0.386. The number of halogens is 1. The molecular formula is C19H19ClN4O7S. The van der Waals surface area contributed by atoms with Crippen LogP contribution in [0.4, 0.5) is 5.69 Å². The molecule has 0 amide bonds. The summed E-state index contributed by atoms with van der Waals surface area (Å²) in [5, 5.41) is 11.7. The maximum atomic E-state index is 13.0. The summed E-state index contributed by atoms with van der Waals surface area (Å²) >= 11 is 5.94. The molecule has 0 saturated carbocycles. The van der Waals surface area contributed by atoms with E-state index in [1.165, 1.54) is 28.1 Å². The highest BCUT2D eigenvalue weighted by molar-refractivity contribution is 7.89. The van der Waals surface area contributed by atoms with Crippen LogP contribution in [0.15, 0.2) is 50.5 Å². The van der Waals surface area contributed by atoms with Gasteiger partial charge in [0.15, 0.2) is 11.3 Å². The summed E-state index contributed by atoms with van der Waals surface area (Å²) in [6, 6.07) is 8.48. The number of ether oxygens (including phenoxy) is 1. The lowest BCUT2D eigenvalue weighted by molar-refractivity contribution is -0.386. The zero-order valence-corrected chi connectivity index (χ0v) is 18.5. The molecule has 1 aromatic heterocycles. The fourth-order valence-electron chi connectivity index (χ4n) is 3.61. The van der Waals surface area contributed by atoms with Gasteiger partial charge in [0.25, 0.3) is 0 Å². The van der Waals surface area contributed by atoms with Gasteiger partial charge in [0.1, 0.15) is 0 Å². The average molecular weight is 483 g/mol. The second kappa shape index (κ2) is 8.54. The SMILES string of the molecule is COc1ccc(S(=O)(=O)N2CCN(Cn3c(=O)oc4cc(Cl)ccc43)CC2)cc1[N+](=O)[O-]. The summed E-state index contributed by atoms with van der Waals surface area (Å²) in [6.07, 6.45) is 0. The first kappa shape index (κ1) is 22.3. The number of aromatic nitrogens is 1. The molecule has 1 fully saturated rings. The lowest BCUT2D eigenvalue weighted by Gasteiger charge is -2.33. The zero-order valence-electron chi connectivity index (χ0n) is 16.9. The molecule has 13 heteroatoms. The Bertz CT molecular complexity index is 1340. The Morgan fingerprint density at radius 3 is 2.53 bits per heavy atom. The molecule has 0 atom stereocenters. The minimum atomic E-state index is -3.93. The van der Waals surface area contributed by atoms with Gasteiger partial charge in [0.05, 0.1) is 29.1 Å². The lowest BCUT2D eigenvalue weighted by Crippen LogP contribution is -2.49. The summed E-state index contributed by atoms with van der Waals surface area (Å²) in [4.78, 5) is 24.5. The van der Waals surface area contributed by atoms with Crippen molar-refractivity contribution in [2.24, 2.45) is 0 Å². The molecule has 0 spiro atoms. The van der Waals surface area contributed by atoms with Crippen LogP contribution in [0, 0.1) is 10.1 Å². The molecule has 2 aromatic carbocycles.